The Morgan fingerprint density at radius 2 is 1.69 bits per heavy atom. The first-order valence-electron chi connectivity index (χ1n) is 12.4. The maximum absolute atomic E-state index is 13.3. The third-order valence-electron chi connectivity index (χ3n) is 7.15. The molecule has 0 bridgehead atoms. The molecule has 2 fully saturated rings. The Labute approximate surface area is 217 Å². The Kier molecular flexibility index (Phi) is 8.93. The number of carbonyl (C=O) groups excluding carboxylic acids is 2. The number of halogens is 2. The summed E-state index contributed by atoms with van der Waals surface area (Å²) in [5.41, 5.74) is 1.70. The molecule has 0 aromatic heterocycles. The number of piperazine rings is 1. The summed E-state index contributed by atoms with van der Waals surface area (Å²) >= 11 is 12.1. The molecule has 188 valence electrons. The molecule has 2 aromatic carbocycles. The van der Waals surface area contributed by atoms with Gasteiger partial charge in [0, 0.05) is 38.3 Å². The van der Waals surface area contributed by atoms with Gasteiger partial charge in [0.15, 0.2) is 0 Å². The number of hydrogen-bond acceptors (Lipinski definition) is 4. The van der Waals surface area contributed by atoms with Crippen molar-refractivity contribution in [3.8, 4) is 5.75 Å². The van der Waals surface area contributed by atoms with E-state index in [1.165, 1.54) is 12.8 Å². The van der Waals surface area contributed by atoms with Gasteiger partial charge in [-0.1, -0.05) is 48.2 Å². The van der Waals surface area contributed by atoms with Gasteiger partial charge in [0.05, 0.1) is 23.2 Å². The minimum absolute atomic E-state index is 0.0513. The van der Waals surface area contributed by atoms with Crippen LogP contribution in [0.25, 0.3) is 0 Å². The number of ether oxygens (including phenoxy) is 1. The number of hydrogen-bond donors (Lipinski definition) is 1. The highest BCUT2D eigenvalue weighted by molar-refractivity contribution is 6.42. The fraction of sp³-hybridized carbons (Fsp3) is 0.481. The maximum Gasteiger partial charge on any atom is 0.253 e. The van der Waals surface area contributed by atoms with Crippen molar-refractivity contribution in [1.82, 2.24) is 15.1 Å². The molecule has 0 unspecified atom stereocenters. The Morgan fingerprint density at radius 1 is 1.00 bits per heavy atom. The summed E-state index contributed by atoms with van der Waals surface area (Å²) in [5.74, 6) is 1.25. The molecule has 4 rings (SSSR count). The van der Waals surface area contributed by atoms with E-state index in [9.17, 15) is 9.59 Å². The van der Waals surface area contributed by atoms with Crippen molar-refractivity contribution in [3.05, 3.63) is 63.6 Å². The minimum atomic E-state index is -0.143. The summed E-state index contributed by atoms with van der Waals surface area (Å²) in [7, 11) is 1.65. The van der Waals surface area contributed by atoms with Gasteiger partial charge in [0.1, 0.15) is 5.75 Å². The van der Waals surface area contributed by atoms with Gasteiger partial charge in [0.25, 0.3) is 5.91 Å². The molecule has 2 aromatic rings. The average molecular weight is 518 g/mol. The van der Waals surface area contributed by atoms with Crippen LogP contribution in [0.2, 0.25) is 10.0 Å². The van der Waals surface area contributed by atoms with E-state index in [0.29, 0.717) is 54.3 Å². The molecule has 2 amide bonds. The molecular weight excluding hydrogens is 485 g/mol. The highest BCUT2D eigenvalue weighted by atomic mass is 35.5. The summed E-state index contributed by atoms with van der Waals surface area (Å²) < 4.78 is 5.21. The Morgan fingerprint density at radius 3 is 2.31 bits per heavy atom. The second kappa shape index (κ2) is 12.1. The van der Waals surface area contributed by atoms with Crippen molar-refractivity contribution in [2.75, 3.05) is 39.8 Å². The van der Waals surface area contributed by atoms with E-state index in [4.69, 9.17) is 27.9 Å². The second-order valence-corrected chi connectivity index (χ2v) is 10.1. The lowest BCUT2D eigenvalue weighted by molar-refractivity contribution is -0.129. The molecule has 1 saturated carbocycles. The molecule has 1 heterocycles. The second-order valence-electron chi connectivity index (χ2n) is 9.34. The molecule has 1 aliphatic heterocycles. The lowest BCUT2D eigenvalue weighted by atomic mass is 9.94. The van der Waals surface area contributed by atoms with Gasteiger partial charge >= 0.3 is 0 Å². The Balaban J connectivity index is 1.34. The quantitative estimate of drug-likeness (QED) is 0.552. The van der Waals surface area contributed by atoms with Crippen molar-refractivity contribution in [2.45, 2.75) is 38.1 Å². The number of rotatable bonds is 8. The number of methoxy groups -OCH3 is 1. The van der Waals surface area contributed by atoms with Gasteiger partial charge in [-0.2, -0.15) is 0 Å². The van der Waals surface area contributed by atoms with Crippen LogP contribution in [0, 0.1) is 5.92 Å². The topological polar surface area (TPSA) is 61.9 Å². The molecular formula is C27H33Cl2N3O3. The van der Waals surface area contributed by atoms with E-state index in [1.807, 2.05) is 29.2 Å². The first kappa shape index (κ1) is 25.8. The van der Waals surface area contributed by atoms with Crippen molar-refractivity contribution >= 4 is 35.0 Å². The van der Waals surface area contributed by atoms with Crippen molar-refractivity contribution < 1.29 is 14.3 Å². The monoisotopic (exact) mass is 517 g/mol. The number of amides is 2. The predicted molar refractivity (Wildman–Crippen MR) is 139 cm³/mol. The summed E-state index contributed by atoms with van der Waals surface area (Å²) in [6, 6.07) is 12.8. The van der Waals surface area contributed by atoms with Crippen LogP contribution in [0.4, 0.5) is 0 Å². The van der Waals surface area contributed by atoms with E-state index >= 15 is 0 Å². The van der Waals surface area contributed by atoms with Gasteiger partial charge in [-0.25, -0.2) is 0 Å². The molecule has 35 heavy (non-hydrogen) atoms. The van der Waals surface area contributed by atoms with E-state index < -0.39 is 0 Å². The van der Waals surface area contributed by atoms with Gasteiger partial charge in [-0.05, 0) is 61.1 Å². The highest BCUT2D eigenvalue weighted by Gasteiger charge is 2.37. The van der Waals surface area contributed by atoms with Gasteiger partial charge in [-0.15, -0.1) is 0 Å². The largest absolute Gasteiger partial charge is 0.497 e. The zero-order chi connectivity index (χ0) is 24.8. The predicted octanol–water partition coefficient (Wildman–Crippen LogP) is 4.68. The van der Waals surface area contributed by atoms with E-state index in [1.54, 1.807) is 25.3 Å². The van der Waals surface area contributed by atoms with Gasteiger partial charge in [0.2, 0.25) is 5.91 Å². The van der Waals surface area contributed by atoms with Crippen molar-refractivity contribution in [1.29, 1.82) is 0 Å². The Bertz CT molecular complexity index is 1020. The molecule has 6 nitrogen and oxygen atoms in total. The van der Waals surface area contributed by atoms with Gasteiger partial charge < -0.3 is 15.0 Å². The molecule has 1 aliphatic carbocycles. The van der Waals surface area contributed by atoms with Crippen LogP contribution >= 0.6 is 23.2 Å². The van der Waals surface area contributed by atoms with E-state index in [-0.39, 0.29) is 17.9 Å². The summed E-state index contributed by atoms with van der Waals surface area (Å²) in [6.45, 7) is 3.13. The number of benzene rings is 2. The zero-order valence-electron chi connectivity index (χ0n) is 20.1. The zero-order valence-corrected chi connectivity index (χ0v) is 21.7. The standard InChI is InChI=1S/C27H33Cl2N3O3/c1-35-22-9-6-19(7-10-22)12-13-30-26(33)25(20-4-2-3-5-20)31-14-16-32(17-15-31)27(34)21-8-11-23(28)24(29)18-21/h6-11,18,20,25H,2-5,12-17H2,1H3,(H,30,33)/t25-/m0/s1. The van der Waals surface area contributed by atoms with Gasteiger partial charge in [-0.3, -0.25) is 14.5 Å². The van der Waals surface area contributed by atoms with Crippen LogP contribution in [0.15, 0.2) is 42.5 Å². The normalized spacial score (nSPS) is 17.9. The fourth-order valence-corrected chi connectivity index (χ4v) is 5.49. The number of nitrogens with one attached hydrogen (secondary N) is 1. The maximum atomic E-state index is 13.3. The minimum Gasteiger partial charge on any atom is -0.497 e. The third kappa shape index (κ3) is 6.49. The molecule has 1 N–H and O–H groups in total. The number of nitrogens with zero attached hydrogens (tertiary/aromatic N) is 2. The van der Waals surface area contributed by atoms with Crippen molar-refractivity contribution in [3.63, 3.8) is 0 Å². The van der Waals surface area contributed by atoms with E-state index in [2.05, 4.69) is 10.2 Å². The van der Waals surface area contributed by atoms with Crippen LogP contribution in [0.1, 0.15) is 41.6 Å². The third-order valence-corrected chi connectivity index (χ3v) is 7.89. The van der Waals surface area contributed by atoms with Crippen LogP contribution < -0.4 is 10.1 Å². The highest BCUT2D eigenvalue weighted by Crippen LogP contribution is 2.31. The van der Waals surface area contributed by atoms with Crippen LogP contribution in [0.3, 0.4) is 0 Å². The summed E-state index contributed by atoms with van der Waals surface area (Å²) in [5, 5.41) is 4.00. The van der Waals surface area contributed by atoms with Crippen LogP contribution in [-0.2, 0) is 11.2 Å². The van der Waals surface area contributed by atoms with E-state index in [0.717, 1.165) is 30.6 Å². The lowest BCUT2D eigenvalue weighted by Crippen LogP contribution is -2.58. The first-order valence-corrected chi connectivity index (χ1v) is 13.1. The van der Waals surface area contributed by atoms with Crippen molar-refractivity contribution in [2.24, 2.45) is 5.92 Å². The first-order chi connectivity index (χ1) is 17.0. The summed E-state index contributed by atoms with van der Waals surface area (Å²) in [6.07, 6.45) is 5.29. The fourth-order valence-electron chi connectivity index (χ4n) is 5.19. The molecule has 0 spiro atoms. The Hall–Kier alpha value is -2.28. The molecule has 0 radical (unpaired) electrons. The molecule has 1 saturated heterocycles. The van der Waals surface area contributed by atoms with Crippen LogP contribution in [-0.4, -0.2) is 67.5 Å². The summed E-state index contributed by atoms with van der Waals surface area (Å²) in [4.78, 5) is 30.4. The molecule has 1 atom stereocenters. The number of carbonyl (C=O) groups is 2. The molecule has 8 heteroatoms. The van der Waals surface area contributed by atoms with Crippen LogP contribution in [0.5, 0.6) is 5.75 Å². The SMILES string of the molecule is COc1ccc(CCNC(=O)[C@H](C2CCCC2)N2CCN(C(=O)c3ccc(Cl)c(Cl)c3)CC2)cc1. The smallest absolute Gasteiger partial charge is 0.253 e. The molecule has 2 aliphatic rings. The average Bonchev–Trinajstić information content (AvgIpc) is 3.40. The lowest BCUT2D eigenvalue weighted by Gasteiger charge is -2.40.